The van der Waals surface area contributed by atoms with E-state index in [-0.39, 0.29) is 5.82 Å². The molecule has 2 aromatic heterocycles. The van der Waals surface area contributed by atoms with Crippen LogP contribution < -0.4 is 5.32 Å². The Morgan fingerprint density at radius 3 is 2.94 bits per heavy atom. The van der Waals surface area contributed by atoms with Crippen LogP contribution in [0.3, 0.4) is 0 Å². The molecule has 4 nitrogen and oxygen atoms in total. The van der Waals surface area contributed by atoms with Crippen LogP contribution in [0.1, 0.15) is 11.3 Å². The average molecular weight is 230 g/mol. The van der Waals surface area contributed by atoms with Gasteiger partial charge in [0.1, 0.15) is 11.5 Å². The highest BCUT2D eigenvalue weighted by molar-refractivity contribution is 5.49. The smallest absolute Gasteiger partial charge is 0.178 e. The lowest BCUT2D eigenvalue weighted by atomic mass is 10.1. The maximum atomic E-state index is 12.8. The monoisotopic (exact) mass is 230 g/mol. The van der Waals surface area contributed by atoms with Gasteiger partial charge in [-0.1, -0.05) is 0 Å². The van der Waals surface area contributed by atoms with Crippen LogP contribution in [0, 0.1) is 5.82 Å². The fourth-order valence-corrected chi connectivity index (χ4v) is 1.87. The van der Waals surface area contributed by atoms with E-state index in [4.69, 9.17) is 0 Å². The van der Waals surface area contributed by atoms with Gasteiger partial charge in [0, 0.05) is 31.3 Å². The lowest BCUT2D eigenvalue weighted by Gasteiger charge is -2.15. The molecule has 0 spiro atoms. The van der Waals surface area contributed by atoms with Gasteiger partial charge in [-0.2, -0.15) is 0 Å². The average Bonchev–Trinajstić information content (AvgIpc) is 2.39. The number of halogens is 1. The van der Waals surface area contributed by atoms with Crippen molar-refractivity contribution in [1.29, 1.82) is 0 Å². The number of aromatic nitrogens is 3. The van der Waals surface area contributed by atoms with Crippen molar-refractivity contribution in [3.05, 3.63) is 41.6 Å². The first kappa shape index (κ1) is 10.3. The molecule has 0 amide bonds. The molecule has 0 atom stereocenters. The number of hydrogen-bond acceptors (Lipinski definition) is 4. The SMILES string of the molecule is Fc1ccc(-c2ncc3c(n2)CCNC3)nc1. The first-order valence-electron chi connectivity index (χ1n) is 5.50. The van der Waals surface area contributed by atoms with Gasteiger partial charge < -0.3 is 5.32 Å². The molecule has 0 aromatic carbocycles. The summed E-state index contributed by atoms with van der Waals surface area (Å²) in [4.78, 5) is 12.7. The number of hydrogen-bond donors (Lipinski definition) is 1. The Kier molecular flexibility index (Phi) is 2.53. The molecule has 0 radical (unpaired) electrons. The fourth-order valence-electron chi connectivity index (χ4n) is 1.87. The molecule has 5 heteroatoms. The van der Waals surface area contributed by atoms with E-state index in [2.05, 4.69) is 20.3 Å². The number of nitrogens with one attached hydrogen (secondary N) is 1. The van der Waals surface area contributed by atoms with Gasteiger partial charge in [0.05, 0.1) is 11.9 Å². The third-order valence-corrected chi connectivity index (χ3v) is 2.76. The van der Waals surface area contributed by atoms with Crippen molar-refractivity contribution in [2.45, 2.75) is 13.0 Å². The van der Waals surface area contributed by atoms with E-state index in [9.17, 15) is 4.39 Å². The first-order chi connectivity index (χ1) is 8.33. The molecule has 3 rings (SSSR count). The quantitative estimate of drug-likeness (QED) is 0.802. The Bertz CT molecular complexity index is 539. The molecule has 0 aliphatic carbocycles. The van der Waals surface area contributed by atoms with Crippen LogP contribution >= 0.6 is 0 Å². The molecule has 0 unspecified atom stereocenters. The van der Waals surface area contributed by atoms with Gasteiger partial charge in [-0.25, -0.2) is 19.3 Å². The molecule has 0 saturated carbocycles. The van der Waals surface area contributed by atoms with E-state index in [0.29, 0.717) is 11.5 Å². The van der Waals surface area contributed by atoms with Crippen LogP contribution in [-0.4, -0.2) is 21.5 Å². The van der Waals surface area contributed by atoms with Gasteiger partial charge in [-0.15, -0.1) is 0 Å². The number of fused-ring (bicyclic) bond motifs is 1. The number of pyridine rings is 1. The summed E-state index contributed by atoms with van der Waals surface area (Å²) in [5.74, 6) is 0.210. The maximum absolute atomic E-state index is 12.8. The van der Waals surface area contributed by atoms with Gasteiger partial charge in [-0.05, 0) is 12.1 Å². The molecule has 3 heterocycles. The summed E-state index contributed by atoms with van der Waals surface area (Å²) in [7, 11) is 0. The van der Waals surface area contributed by atoms with E-state index in [1.165, 1.54) is 12.3 Å². The van der Waals surface area contributed by atoms with E-state index in [1.807, 2.05) is 6.20 Å². The van der Waals surface area contributed by atoms with Gasteiger partial charge in [0.25, 0.3) is 0 Å². The topological polar surface area (TPSA) is 50.7 Å². The Morgan fingerprint density at radius 2 is 2.12 bits per heavy atom. The normalized spacial score (nSPS) is 14.4. The molecule has 0 fully saturated rings. The van der Waals surface area contributed by atoms with Crippen LogP contribution in [0.5, 0.6) is 0 Å². The van der Waals surface area contributed by atoms with Crippen LogP contribution in [0.15, 0.2) is 24.5 Å². The second-order valence-corrected chi connectivity index (χ2v) is 3.95. The van der Waals surface area contributed by atoms with E-state index in [0.717, 1.165) is 30.8 Å². The van der Waals surface area contributed by atoms with Gasteiger partial charge in [0.2, 0.25) is 0 Å². The van der Waals surface area contributed by atoms with Crippen LogP contribution in [0.4, 0.5) is 4.39 Å². The Hall–Kier alpha value is -1.88. The largest absolute Gasteiger partial charge is 0.312 e. The zero-order valence-electron chi connectivity index (χ0n) is 9.15. The van der Waals surface area contributed by atoms with Crippen LogP contribution in [0.25, 0.3) is 11.5 Å². The highest BCUT2D eigenvalue weighted by Gasteiger charge is 2.12. The minimum absolute atomic E-state index is 0.351. The van der Waals surface area contributed by atoms with Crippen molar-refractivity contribution in [3.63, 3.8) is 0 Å². The van der Waals surface area contributed by atoms with Crippen molar-refractivity contribution < 1.29 is 4.39 Å². The predicted molar refractivity (Wildman–Crippen MR) is 60.6 cm³/mol. The molecular formula is C12H11FN4. The van der Waals surface area contributed by atoms with Crippen molar-refractivity contribution in [1.82, 2.24) is 20.3 Å². The third kappa shape index (κ3) is 2.01. The third-order valence-electron chi connectivity index (χ3n) is 2.76. The summed E-state index contributed by atoms with van der Waals surface area (Å²) in [5.41, 5.74) is 2.79. The van der Waals surface area contributed by atoms with Gasteiger partial charge in [0.15, 0.2) is 5.82 Å². The molecule has 1 aliphatic rings. The summed E-state index contributed by atoms with van der Waals surface area (Å²) >= 11 is 0. The molecule has 1 N–H and O–H groups in total. The van der Waals surface area contributed by atoms with E-state index < -0.39 is 0 Å². The fraction of sp³-hybridized carbons (Fsp3) is 0.250. The van der Waals surface area contributed by atoms with Crippen molar-refractivity contribution in [2.24, 2.45) is 0 Å². The summed E-state index contributed by atoms with van der Waals surface area (Å²) in [6, 6.07) is 2.96. The van der Waals surface area contributed by atoms with Gasteiger partial charge >= 0.3 is 0 Å². The molecule has 2 aromatic rings. The van der Waals surface area contributed by atoms with Crippen molar-refractivity contribution >= 4 is 0 Å². The summed E-state index contributed by atoms with van der Waals surface area (Å²) in [6.07, 6.45) is 3.89. The van der Waals surface area contributed by atoms with Crippen molar-refractivity contribution in [3.8, 4) is 11.5 Å². The van der Waals surface area contributed by atoms with Crippen LogP contribution in [-0.2, 0) is 13.0 Å². The van der Waals surface area contributed by atoms with Crippen LogP contribution in [0.2, 0.25) is 0 Å². The predicted octanol–water partition coefficient (Wildman–Crippen LogP) is 1.32. The Morgan fingerprint density at radius 1 is 1.18 bits per heavy atom. The summed E-state index contributed by atoms with van der Waals surface area (Å²) < 4.78 is 12.8. The zero-order valence-corrected chi connectivity index (χ0v) is 9.15. The Balaban J connectivity index is 2.01. The number of rotatable bonds is 1. The molecule has 1 aliphatic heterocycles. The van der Waals surface area contributed by atoms with E-state index in [1.54, 1.807) is 6.07 Å². The molecule has 86 valence electrons. The molecule has 0 saturated heterocycles. The minimum Gasteiger partial charge on any atom is -0.312 e. The summed E-state index contributed by atoms with van der Waals surface area (Å²) in [6.45, 7) is 1.74. The highest BCUT2D eigenvalue weighted by atomic mass is 19.1. The second kappa shape index (κ2) is 4.18. The minimum atomic E-state index is -0.351. The first-order valence-corrected chi connectivity index (χ1v) is 5.50. The lowest BCUT2D eigenvalue weighted by molar-refractivity contribution is 0.620. The second-order valence-electron chi connectivity index (χ2n) is 3.95. The van der Waals surface area contributed by atoms with Crippen molar-refractivity contribution in [2.75, 3.05) is 6.54 Å². The molecule has 0 bridgehead atoms. The highest BCUT2D eigenvalue weighted by Crippen LogP contribution is 2.16. The number of nitrogens with zero attached hydrogens (tertiary/aromatic N) is 3. The van der Waals surface area contributed by atoms with E-state index >= 15 is 0 Å². The molecule has 17 heavy (non-hydrogen) atoms. The standard InChI is InChI=1S/C12H11FN4/c13-9-1-2-11(15-7-9)12-16-6-8-5-14-4-3-10(8)17-12/h1-2,6-7,14H,3-5H2. The lowest BCUT2D eigenvalue weighted by Crippen LogP contribution is -2.25. The maximum Gasteiger partial charge on any atom is 0.178 e. The zero-order chi connectivity index (χ0) is 11.7. The Labute approximate surface area is 98.0 Å². The van der Waals surface area contributed by atoms with Gasteiger partial charge in [-0.3, -0.25) is 0 Å². The molecular weight excluding hydrogens is 219 g/mol. The summed E-state index contributed by atoms with van der Waals surface area (Å²) in [5, 5.41) is 3.26.